The van der Waals surface area contributed by atoms with Crippen LogP contribution in [0.4, 0.5) is 0 Å². The van der Waals surface area contributed by atoms with E-state index in [0.717, 1.165) is 16.6 Å². The predicted octanol–water partition coefficient (Wildman–Crippen LogP) is 2.54. The van der Waals surface area contributed by atoms with Gasteiger partial charge in [-0.1, -0.05) is 24.3 Å². The molecule has 4 heteroatoms. The third-order valence-electron chi connectivity index (χ3n) is 4.20. The average molecular weight is 285 g/mol. The maximum atomic E-state index is 12.6. The van der Waals surface area contributed by atoms with Crippen LogP contribution in [0.5, 0.6) is 0 Å². The van der Waals surface area contributed by atoms with Gasteiger partial charge in [-0.25, -0.2) is 0 Å². The zero-order valence-electron chi connectivity index (χ0n) is 12.2. The Labute approximate surface area is 124 Å². The smallest absolute Gasteiger partial charge is 0.170 e. The number of Topliss-reactive ketones (excluding diaryl/α,β-unsaturated/α-hetero) is 1. The highest BCUT2D eigenvalue weighted by Crippen LogP contribution is 2.27. The third-order valence-corrected chi connectivity index (χ3v) is 4.20. The summed E-state index contributed by atoms with van der Waals surface area (Å²) < 4.78 is 10.9. The molecule has 1 aliphatic heterocycles. The van der Waals surface area contributed by atoms with Crippen molar-refractivity contribution in [2.75, 3.05) is 20.3 Å². The van der Waals surface area contributed by atoms with Crippen LogP contribution in [0.15, 0.2) is 36.4 Å². The lowest BCUT2D eigenvalue weighted by Gasteiger charge is -2.34. The molecule has 1 aromatic heterocycles. The van der Waals surface area contributed by atoms with Crippen molar-refractivity contribution in [1.29, 1.82) is 0 Å². The highest BCUT2D eigenvalue weighted by molar-refractivity contribution is 5.89. The number of benzene rings is 1. The van der Waals surface area contributed by atoms with E-state index in [9.17, 15) is 4.79 Å². The second kappa shape index (κ2) is 5.92. The van der Waals surface area contributed by atoms with E-state index in [1.165, 1.54) is 0 Å². The van der Waals surface area contributed by atoms with Crippen LogP contribution >= 0.6 is 0 Å². The molecule has 0 spiro atoms. The number of fused-ring (bicyclic) bond motifs is 1. The van der Waals surface area contributed by atoms with Crippen LogP contribution < -0.4 is 0 Å². The van der Waals surface area contributed by atoms with Crippen LogP contribution in [-0.4, -0.2) is 36.7 Å². The first-order valence-electron chi connectivity index (χ1n) is 7.24. The zero-order valence-corrected chi connectivity index (χ0v) is 12.2. The molecule has 0 radical (unpaired) electrons. The topological polar surface area (TPSA) is 48.4 Å². The maximum Gasteiger partial charge on any atom is 0.170 e. The van der Waals surface area contributed by atoms with Crippen molar-refractivity contribution in [3.05, 3.63) is 42.1 Å². The number of nitrogens with zero attached hydrogens (tertiary/aromatic N) is 1. The fraction of sp³-hybridized carbons (Fsp3) is 0.412. The molecule has 0 atom stereocenters. The number of carbonyl (C=O) groups excluding carboxylic acids is 1. The second-order valence-corrected chi connectivity index (χ2v) is 5.41. The van der Waals surface area contributed by atoms with Gasteiger partial charge in [0.15, 0.2) is 5.78 Å². The van der Waals surface area contributed by atoms with Gasteiger partial charge in [-0.15, -0.1) is 0 Å². The summed E-state index contributed by atoms with van der Waals surface area (Å²) in [5.41, 5.74) is 1.01. The van der Waals surface area contributed by atoms with Crippen LogP contribution in [0.2, 0.25) is 0 Å². The Morgan fingerprint density at radius 1 is 1.24 bits per heavy atom. The van der Waals surface area contributed by atoms with Crippen LogP contribution in [0.25, 0.3) is 10.9 Å². The van der Waals surface area contributed by atoms with Crippen LogP contribution in [0.3, 0.4) is 0 Å². The summed E-state index contributed by atoms with van der Waals surface area (Å²) in [5, 5.41) is 1.08. The number of hydrogen-bond donors (Lipinski definition) is 0. The third kappa shape index (κ3) is 2.82. The number of ether oxygens (including phenoxy) is 2. The van der Waals surface area contributed by atoms with Crippen LogP contribution in [0, 0.1) is 0 Å². The van der Waals surface area contributed by atoms with E-state index < -0.39 is 5.60 Å². The molecule has 1 aliphatic rings. The molecule has 21 heavy (non-hydrogen) atoms. The number of aromatic nitrogens is 1. The molecule has 110 valence electrons. The van der Waals surface area contributed by atoms with Gasteiger partial charge in [0.1, 0.15) is 5.60 Å². The van der Waals surface area contributed by atoms with E-state index in [0.29, 0.717) is 32.5 Å². The van der Waals surface area contributed by atoms with E-state index in [1.54, 1.807) is 7.11 Å². The average Bonchev–Trinajstić information content (AvgIpc) is 2.55. The van der Waals surface area contributed by atoms with Crippen LogP contribution in [-0.2, 0) is 20.7 Å². The van der Waals surface area contributed by atoms with Gasteiger partial charge in [0.25, 0.3) is 0 Å². The number of carbonyl (C=O) groups is 1. The molecule has 0 amide bonds. The van der Waals surface area contributed by atoms with Crippen molar-refractivity contribution in [2.45, 2.75) is 24.9 Å². The first-order valence-corrected chi connectivity index (χ1v) is 7.24. The molecule has 0 N–H and O–H groups in total. The molecule has 3 rings (SSSR count). The largest absolute Gasteiger partial charge is 0.381 e. The second-order valence-electron chi connectivity index (χ2n) is 5.41. The minimum Gasteiger partial charge on any atom is -0.381 e. The van der Waals surface area contributed by atoms with E-state index in [-0.39, 0.29) is 5.78 Å². The predicted molar refractivity (Wildman–Crippen MR) is 80.2 cm³/mol. The van der Waals surface area contributed by atoms with Crippen molar-refractivity contribution in [3.8, 4) is 0 Å². The molecule has 2 heterocycles. The SMILES string of the molecule is COC1(C(=O)Cc2ccc3ccccc3n2)CCOCC1. The van der Waals surface area contributed by atoms with Gasteiger partial charge in [-0.3, -0.25) is 9.78 Å². The fourth-order valence-corrected chi connectivity index (χ4v) is 2.83. The lowest BCUT2D eigenvalue weighted by atomic mass is 9.87. The number of pyridine rings is 1. The quantitative estimate of drug-likeness (QED) is 0.866. The number of para-hydroxylation sites is 1. The van der Waals surface area contributed by atoms with E-state index in [4.69, 9.17) is 9.47 Å². The summed E-state index contributed by atoms with van der Waals surface area (Å²) in [6.07, 6.45) is 1.55. The Balaban J connectivity index is 1.81. The van der Waals surface area contributed by atoms with Gasteiger partial charge < -0.3 is 9.47 Å². The Hall–Kier alpha value is -1.78. The van der Waals surface area contributed by atoms with Gasteiger partial charge >= 0.3 is 0 Å². The number of hydrogen-bond acceptors (Lipinski definition) is 4. The molecule has 1 fully saturated rings. The molecule has 2 aromatic rings. The van der Waals surface area contributed by atoms with Crippen LogP contribution in [0.1, 0.15) is 18.5 Å². The minimum absolute atomic E-state index is 0.0936. The monoisotopic (exact) mass is 285 g/mol. The molecule has 0 unspecified atom stereocenters. The highest BCUT2D eigenvalue weighted by atomic mass is 16.5. The Bertz CT molecular complexity index is 647. The van der Waals surface area contributed by atoms with E-state index in [2.05, 4.69) is 4.98 Å². The number of ketones is 1. The Morgan fingerprint density at radius 3 is 2.76 bits per heavy atom. The first kappa shape index (κ1) is 14.2. The first-order chi connectivity index (χ1) is 10.2. The molecule has 1 saturated heterocycles. The van der Waals surface area contributed by atoms with E-state index >= 15 is 0 Å². The molecule has 0 bridgehead atoms. The molecular formula is C17H19NO3. The molecule has 1 aromatic carbocycles. The van der Waals surface area contributed by atoms with E-state index in [1.807, 2.05) is 36.4 Å². The summed E-state index contributed by atoms with van der Waals surface area (Å²) in [4.78, 5) is 17.2. The van der Waals surface area contributed by atoms with Gasteiger partial charge in [0.2, 0.25) is 0 Å². The van der Waals surface area contributed by atoms with Gasteiger partial charge in [-0.2, -0.15) is 0 Å². The number of rotatable bonds is 4. The Kier molecular flexibility index (Phi) is 3.99. The van der Waals surface area contributed by atoms with Crippen molar-refractivity contribution < 1.29 is 14.3 Å². The normalized spacial score (nSPS) is 17.8. The van der Waals surface area contributed by atoms with Gasteiger partial charge in [-0.05, 0) is 12.1 Å². The maximum absolute atomic E-state index is 12.6. The lowest BCUT2D eigenvalue weighted by molar-refractivity contribution is -0.152. The molecular weight excluding hydrogens is 266 g/mol. The van der Waals surface area contributed by atoms with Crippen molar-refractivity contribution in [3.63, 3.8) is 0 Å². The van der Waals surface area contributed by atoms with Crippen molar-refractivity contribution >= 4 is 16.7 Å². The zero-order chi connectivity index (χ0) is 14.7. The standard InChI is InChI=1S/C17H19NO3/c1-20-17(8-10-21-11-9-17)16(19)12-14-7-6-13-4-2-3-5-15(13)18-14/h2-7H,8-12H2,1H3. The summed E-state index contributed by atoms with van der Waals surface area (Å²) in [7, 11) is 1.61. The lowest BCUT2D eigenvalue weighted by Crippen LogP contribution is -2.46. The summed E-state index contributed by atoms with van der Waals surface area (Å²) in [6, 6.07) is 11.8. The fourth-order valence-electron chi connectivity index (χ4n) is 2.83. The summed E-state index contributed by atoms with van der Waals surface area (Å²) in [6.45, 7) is 1.15. The summed E-state index contributed by atoms with van der Waals surface area (Å²) in [5.74, 6) is 0.0936. The van der Waals surface area contributed by atoms with Crippen molar-refractivity contribution in [2.24, 2.45) is 0 Å². The van der Waals surface area contributed by atoms with Crippen molar-refractivity contribution in [1.82, 2.24) is 4.98 Å². The number of methoxy groups -OCH3 is 1. The molecule has 0 aliphatic carbocycles. The summed E-state index contributed by atoms with van der Waals surface area (Å²) >= 11 is 0. The highest BCUT2D eigenvalue weighted by Gasteiger charge is 2.39. The van der Waals surface area contributed by atoms with Gasteiger partial charge in [0, 0.05) is 44.2 Å². The molecule has 4 nitrogen and oxygen atoms in total. The Morgan fingerprint density at radius 2 is 2.00 bits per heavy atom. The van der Waals surface area contributed by atoms with Gasteiger partial charge in [0.05, 0.1) is 11.9 Å². The minimum atomic E-state index is -0.703. The molecule has 0 saturated carbocycles.